The minimum absolute atomic E-state index is 0.0181. The molecule has 0 saturated carbocycles. The van der Waals surface area contributed by atoms with Crippen molar-refractivity contribution in [2.45, 2.75) is 108 Å². The number of aliphatic carboxylic acids is 1. The average molecular weight is 733 g/mol. The van der Waals surface area contributed by atoms with Gasteiger partial charge in [-0.15, -0.1) is 0 Å². The third-order valence-corrected chi connectivity index (χ3v) is 10.3. The van der Waals surface area contributed by atoms with E-state index < -0.39 is 53.9 Å². The van der Waals surface area contributed by atoms with Crippen LogP contribution in [0.5, 0.6) is 5.75 Å². The predicted molar refractivity (Wildman–Crippen MR) is 195 cm³/mol. The number of hydrogen-bond acceptors (Lipinski definition) is 8. The molecule has 5 amide bonds. The summed E-state index contributed by atoms with van der Waals surface area (Å²) in [4.78, 5) is 84.2. The molecule has 3 aliphatic heterocycles. The van der Waals surface area contributed by atoms with E-state index in [9.17, 15) is 39.0 Å². The molecule has 14 nitrogen and oxygen atoms in total. The van der Waals surface area contributed by atoms with Crippen molar-refractivity contribution in [3.05, 3.63) is 65.7 Å². The highest BCUT2D eigenvalue weighted by molar-refractivity contribution is 5.97. The second-order valence-corrected chi connectivity index (χ2v) is 14.7. The fourth-order valence-electron chi connectivity index (χ4n) is 7.52. The van der Waals surface area contributed by atoms with E-state index in [0.29, 0.717) is 49.9 Å². The highest BCUT2D eigenvalue weighted by Gasteiger charge is 2.44. The first-order chi connectivity index (χ1) is 25.4. The molecule has 0 radical (unpaired) electrons. The van der Waals surface area contributed by atoms with E-state index >= 15 is 0 Å². The van der Waals surface area contributed by atoms with Crippen LogP contribution in [0.15, 0.2) is 54.6 Å². The summed E-state index contributed by atoms with van der Waals surface area (Å²) in [6.45, 7) is 5.41. The Labute approximate surface area is 310 Å². The van der Waals surface area contributed by atoms with Crippen molar-refractivity contribution in [2.75, 3.05) is 19.6 Å². The number of carbonyl (C=O) groups excluding carboxylic acids is 5. The maximum atomic E-state index is 14.0. The van der Waals surface area contributed by atoms with E-state index in [1.165, 1.54) is 17.0 Å². The van der Waals surface area contributed by atoms with E-state index in [4.69, 9.17) is 0 Å². The summed E-state index contributed by atoms with van der Waals surface area (Å²) < 4.78 is 0. The van der Waals surface area contributed by atoms with Crippen LogP contribution in [0, 0.1) is 5.92 Å². The highest BCUT2D eigenvalue weighted by atomic mass is 16.4. The van der Waals surface area contributed by atoms with Gasteiger partial charge in [0.2, 0.25) is 29.5 Å². The van der Waals surface area contributed by atoms with Crippen LogP contribution in [0.25, 0.3) is 0 Å². The largest absolute Gasteiger partial charge is 0.508 e. The molecule has 53 heavy (non-hydrogen) atoms. The zero-order valence-corrected chi connectivity index (χ0v) is 30.5. The number of hydrogen-bond donors (Lipinski definition) is 6. The molecule has 5 rings (SSSR count). The lowest BCUT2D eigenvalue weighted by molar-refractivity contribution is -0.147. The first kappa shape index (κ1) is 39.2. The summed E-state index contributed by atoms with van der Waals surface area (Å²) in [5, 5.41) is 31.2. The van der Waals surface area contributed by atoms with E-state index in [1.807, 2.05) is 13.8 Å². The maximum Gasteiger partial charge on any atom is 0.326 e. The van der Waals surface area contributed by atoms with Gasteiger partial charge in [-0.05, 0) is 80.7 Å². The second kappa shape index (κ2) is 18.2. The van der Waals surface area contributed by atoms with Crippen molar-refractivity contribution < 1.29 is 39.0 Å². The summed E-state index contributed by atoms with van der Waals surface area (Å²) in [5.41, 5.74) is 1.31. The van der Waals surface area contributed by atoms with Gasteiger partial charge in [-0.25, -0.2) is 4.79 Å². The molecule has 2 aromatic rings. The molecule has 0 bridgehead atoms. The Morgan fingerprint density at radius 2 is 1.30 bits per heavy atom. The molecule has 6 atom stereocenters. The minimum atomic E-state index is -1.28. The predicted octanol–water partition coefficient (Wildman–Crippen LogP) is 1.50. The Hall–Kier alpha value is -4.98. The number of benzene rings is 2. The highest BCUT2D eigenvalue weighted by Crippen LogP contribution is 2.27. The van der Waals surface area contributed by atoms with Gasteiger partial charge < -0.3 is 41.3 Å². The molecule has 0 spiro atoms. The molecule has 3 heterocycles. The van der Waals surface area contributed by atoms with E-state index in [1.54, 1.807) is 47.4 Å². The maximum absolute atomic E-state index is 14.0. The standard InChI is InChI=1S/C39H52N6O8/c1-24(2)21-29(42-36(49)32-12-7-19-44(32)38(51)33-13-8-20-45(33)37(50)28-11-6-18-40-28)34(47)41-30(22-26-14-16-27(46)17-15-26)35(48)43-31(39(52)53)23-25-9-4-3-5-10-25/h3-5,9-10,14-17,24,28-33,40,46H,6-8,11-13,18-23H2,1-2H3,(H,41,47)(H,42,49)(H,43,48)(H,52,53)/t28-,29-,30-,31-,32-,33-/m0/s1. The van der Waals surface area contributed by atoms with Crippen LogP contribution < -0.4 is 21.3 Å². The van der Waals surface area contributed by atoms with Crippen LogP contribution in [0.2, 0.25) is 0 Å². The number of amides is 5. The fourth-order valence-corrected chi connectivity index (χ4v) is 7.52. The molecule has 286 valence electrons. The van der Waals surface area contributed by atoms with Gasteiger partial charge in [0.1, 0.15) is 36.0 Å². The first-order valence-electron chi connectivity index (χ1n) is 18.7. The number of phenolic OH excluding ortho intramolecular Hbond substituents is 1. The SMILES string of the molecule is CC(C)C[C@H](NC(=O)[C@@H]1CCCN1C(=O)[C@@H]1CCCN1C(=O)[C@@H]1CCCN1)C(=O)N[C@@H](Cc1ccc(O)cc1)C(=O)N[C@@H](Cc1ccccc1)C(=O)O. The van der Waals surface area contributed by atoms with Crippen molar-refractivity contribution in [2.24, 2.45) is 5.92 Å². The molecule has 3 fully saturated rings. The van der Waals surface area contributed by atoms with Crippen LogP contribution in [0.4, 0.5) is 0 Å². The third kappa shape index (κ3) is 10.3. The Bertz CT molecular complexity index is 1610. The average Bonchev–Trinajstić information content (AvgIpc) is 3.94. The van der Waals surface area contributed by atoms with Crippen LogP contribution in [-0.2, 0) is 41.6 Å². The number of likely N-dealkylation sites (tertiary alicyclic amines) is 2. The number of nitrogens with zero attached hydrogens (tertiary/aromatic N) is 2. The van der Waals surface area contributed by atoms with Crippen molar-refractivity contribution in [3.63, 3.8) is 0 Å². The van der Waals surface area contributed by atoms with Gasteiger partial charge in [0.15, 0.2) is 0 Å². The summed E-state index contributed by atoms with van der Waals surface area (Å²) in [6.07, 6.45) is 4.10. The molecule has 3 saturated heterocycles. The van der Waals surface area contributed by atoms with Gasteiger partial charge in [0.05, 0.1) is 6.04 Å². The number of phenols is 1. The smallest absolute Gasteiger partial charge is 0.326 e. The zero-order chi connectivity index (χ0) is 38.1. The van der Waals surface area contributed by atoms with Crippen molar-refractivity contribution in [3.8, 4) is 5.75 Å². The summed E-state index contributed by atoms with van der Waals surface area (Å²) in [6, 6.07) is 9.64. The Balaban J connectivity index is 1.29. The number of nitrogens with one attached hydrogen (secondary N) is 4. The van der Waals surface area contributed by atoms with Gasteiger partial charge in [0.25, 0.3) is 0 Å². The van der Waals surface area contributed by atoms with Crippen LogP contribution in [-0.4, -0.2) is 111 Å². The number of carboxylic acids is 1. The van der Waals surface area contributed by atoms with E-state index in [2.05, 4.69) is 21.3 Å². The molecular weight excluding hydrogens is 680 g/mol. The number of aromatic hydroxyl groups is 1. The van der Waals surface area contributed by atoms with Gasteiger partial charge in [-0.2, -0.15) is 0 Å². The van der Waals surface area contributed by atoms with Crippen LogP contribution >= 0.6 is 0 Å². The fraction of sp³-hybridized carbons (Fsp3) is 0.538. The molecule has 6 N–H and O–H groups in total. The topological polar surface area (TPSA) is 197 Å². The Morgan fingerprint density at radius 3 is 1.92 bits per heavy atom. The molecule has 3 aliphatic rings. The van der Waals surface area contributed by atoms with Crippen molar-refractivity contribution >= 4 is 35.5 Å². The second-order valence-electron chi connectivity index (χ2n) is 14.7. The normalized spacial score (nSPS) is 21.5. The molecule has 0 aliphatic carbocycles. The Kier molecular flexibility index (Phi) is 13.5. The van der Waals surface area contributed by atoms with Gasteiger partial charge in [-0.3, -0.25) is 24.0 Å². The minimum Gasteiger partial charge on any atom is -0.508 e. The summed E-state index contributed by atoms with van der Waals surface area (Å²) in [7, 11) is 0. The molecule has 14 heteroatoms. The quantitative estimate of drug-likeness (QED) is 0.157. The summed E-state index contributed by atoms with van der Waals surface area (Å²) >= 11 is 0. The molecule has 0 unspecified atom stereocenters. The van der Waals surface area contributed by atoms with Gasteiger partial charge in [0, 0.05) is 25.9 Å². The van der Waals surface area contributed by atoms with Gasteiger partial charge >= 0.3 is 5.97 Å². The van der Waals surface area contributed by atoms with Crippen molar-refractivity contribution in [1.29, 1.82) is 0 Å². The lowest BCUT2D eigenvalue weighted by atomic mass is 10.00. The van der Waals surface area contributed by atoms with Crippen molar-refractivity contribution in [1.82, 2.24) is 31.1 Å². The third-order valence-electron chi connectivity index (χ3n) is 10.3. The number of carbonyl (C=O) groups is 6. The lowest BCUT2D eigenvalue weighted by Gasteiger charge is -2.33. The lowest BCUT2D eigenvalue weighted by Crippen LogP contribution is -2.59. The Morgan fingerprint density at radius 1 is 0.717 bits per heavy atom. The zero-order valence-electron chi connectivity index (χ0n) is 30.5. The number of rotatable bonds is 15. The van der Waals surface area contributed by atoms with Crippen LogP contribution in [0.1, 0.15) is 69.9 Å². The molecular formula is C39H52N6O8. The van der Waals surface area contributed by atoms with Crippen LogP contribution in [0.3, 0.4) is 0 Å². The molecule has 0 aromatic heterocycles. The number of carboxylic acid groups (broad SMARTS) is 1. The van der Waals surface area contributed by atoms with E-state index in [-0.39, 0.29) is 48.8 Å². The first-order valence-corrected chi connectivity index (χ1v) is 18.7. The monoisotopic (exact) mass is 732 g/mol. The summed E-state index contributed by atoms with van der Waals surface area (Å²) in [5.74, 6) is -3.44. The molecule has 2 aromatic carbocycles. The van der Waals surface area contributed by atoms with Gasteiger partial charge in [-0.1, -0.05) is 56.3 Å². The van der Waals surface area contributed by atoms with E-state index in [0.717, 1.165) is 19.4 Å².